The first-order chi connectivity index (χ1) is 21.1. The smallest absolute Gasteiger partial charge is 0.410 e. The molecule has 12 heteroatoms. The SMILES string of the molecule is Cc1cccc(C)c1-c1cc2nc(n1)NS(=O)(=O)c1cccc(c1)C(=O)N1C[C@@H](CN(C(=O)OC(C)(C)C)C[C@H]1CC(C)C)O2.[HH]. The first-order valence-corrected chi connectivity index (χ1v) is 16.6. The molecule has 3 aromatic rings. The van der Waals surface area contributed by atoms with Crippen LogP contribution < -0.4 is 9.46 Å². The topological polar surface area (TPSA) is 131 Å². The zero-order valence-electron chi connectivity index (χ0n) is 26.8. The summed E-state index contributed by atoms with van der Waals surface area (Å²) in [6, 6.07) is 13.0. The number of hydrogen-bond donors (Lipinski definition) is 1. The summed E-state index contributed by atoms with van der Waals surface area (Å²) < 4.78 is 41.9. The van der Waals surface area contributed by atoms with Gasteiger partial charge in [0.15, 0.2) is 0 Å². The van der Waals surface area contributed by atoms with Gasteiger partial charge in [0.2, 0.25) is 11.8 Å². The molecule has 0 aliphatic carbocycles. The fourth-order valence-electron chi connectivity index (χ4n) is 5.83. The lowest BCUT2D eigenvalue weighted by atomic mass is 10.00. The molecule has 1 aromatic heterocycles. The van der Waals surface area contributed by atoms with Crippen LogP contribution in [0.15, 0.2) is 53.4 Å². The molecule has 2 aromatic carbocycles. The van der Waals surface area contributed by atoms with Crippen molar-refractivity contribution in [1.29, 1.82) is 0 Å². The molecule has 2 atom stereocenters. The third-order valence-electron chi connectivity index (χ3n) is 7.70. The maximum atomic E-state index is 14.2. The van der Waals surface area contributed by atoms with Gasteiger partial charge >= 0.3 is 6.09 Å². The van der Waals surface area contributed by atoms with E-state index in [1.54, 1.807) is 21.9 Å². The zero-order valence-corrected chi connectivity index (χ0v) is 27.6. The summed E-state index contributed by atoms with van der Waals surface area (Å²) in [6.45, 7) is 13.9. The number of benzene rings is 2. The summed E-state index contributed by atoms with van der Waals surface area (Å²) in [5, 5.41) is 0. The molecule has 2 aliphatic rings. The number of carbonyl (C=O) groups excluding carboxylic acids is 2. The molecule has 11 nitrogen and oxygen atoms in total. The van der Waals surface area contributed by atoms with Gasteiger partial charge in [-0.15, -0.1) is 0 Å². The molecular weight excluding hydrogens is 594 g/mol. The van der Waals surface area contributed by atoms with Crippen LogP contribution in [0.5, 0.6) is 5.88 Å². The molecule has 1 N–H and O–H groups in total. The lowest BCUT2D eigenvalue weighted by molar-refractivity contribution is 0.0182. The van der Waals surface area contributed by atoms with Crippen LogP contribution in [0.4, 0.5) is 10.7 Å². The Kier molecular flexibility index (Phi) is 8.81. The molecule has 1 saturated heterocycles. The zero-order chi connectivity index (χ0) is 32.7. The highest BCUT2D eigenvalue weighted by molar-refractivity contribution is 7.92. The summed E-state index contributed by atoms with van der Waals surface area (Å²) in [4.78, 5) is 39.9. The van der Waals surface area contributed by atoms with E-state index in [9.17, 15) is 18.0 Å². The number of nitrogens with zero attached hydrogens (tertiary/aromatic N) is 4. The van der Waals surface area contributed by atoms with Crippen LogP contribution in [-0.4, -0.2) is 77.6 Å². The maximum Gasteiger partial charge on any atom is 0.410 e. The number of aryl methyl sites for hydroxylation is 2. The van der Waals surface area contributed by atoms with Gasteiger partial charge in [0.05, 0.1) is 29.7 Å². The molecule has 6 bridgehead atoms. The Morgan fingerprint density at radius 2 is 1.76 bits per heavy atom. The van der Waals surface area contributed by atoms with Gasteiger partial charge < -0.3 is 19.3 Å². The normalized spacial score (nSPS) is 19.8. The first-order valence-electron chi connectivity index (χ1n) is 15.1. The van der Waals surface area contributed by atoms with Crippen LogP contribution in [-0.2, 0) is 14.8 Å². The number of nitrogens with one attached hydrogen (secondary N) is 1. The van der Waals surface area contributed by atoms with Crippen LogP contribution in [0.25, 0.3) is 11.3 Å². The molecule has 5 rings (SSSR count). The van der Waals surface area contributed by atoms with Crippen LogP contribution in [0.1, 0.15) is 64.0 Å². The molecule has 45 heavy (non-hydrogen) atoms. The molecule has 2 aliphatic heterocycles. The largest absolute Gasteiger partial charge is 0.470 e. The van der Waals surface area contributed by atoms with Gasteiger partial charge in [0, 0.05) is 25.2 Å². The third-order valence-corrected chi connectivity index (χ3v) is 9.02. The second-order valence-corrected chi connectivity index (χ2v) is 14.9. The fourth-order valence-corrected chi connectivity index (χ4v) is 6.82. The number of rotatable bonds is 3. The van der Waals surface area contributed by atoms with Gasteiger partial charge in [-0.1, -0.05) is 38.1 Å². The standard InChI is InChI=1S/C33H41N5O6S.H2/c1-20(2)14-24-17-37(32(40)44-33(5,6)7)18-25-19-38(24)30(39)23-12-9-13-26(15-23)45(41,42)36-31-34-27(16-28(35-31)43-25)29-21(3)10-8-11-22(29)4;/h8-13,15-16,20,24-25H,14,17-19H2,1-7H3,(H,34,35,36);1H/t24-,25-;/m1./s1. The average molecular weight is 638 g/mol. The Hall–Kier alpha value is -4.19. The Morgan fingerprint density at radius 1 is 1.07 bits per heavy atom. The van der Waals surface area contributed by atoms with Gasteiger partial charge in [0.1, 0.15) is 11.7 Å². The van der Waals surface area contributed by atoms with Crippen molar-refractivity contribution in [2.24, 2.45) is 5.92 Å². The minimum Gasteiger partial charge on any atom is -0.470 e. The monoisotopic (exact) mass is 637 g/mol. The van der Waals surface area contributed by atoms with E-state index in [2.05, 4.69) is 28.5 Å². The number of amides is 2. The molecule has 3 heterocycles. The molecule has 242 valence electrons. The van der Waals surface area contributed by atoms with Gasteiger partial charge in [-0.25, -0.2) is 22.9 Å². The third kappa shape index (κ3) is 7.38. The van der Waals surface area contributed by atoms with Gasteiger partial charge in [-0.3, -0.25) is 4.79 Å². The van der Waals surface area contributed by atoms with Gasteiger partial charge in [-0.2, -0.15) is 4.98 Å². The van der Waals surface area contributed by atoms with Crippen molar-refractivity contribution in [2.75, 3.05) is 24.4 Å². The van der Waals surface area contributed by atoms with Crippen LogP contribution in [0, 0.1) is 19.8 Å². The van der Waals surface area contributed by atoms with Crippen LogP contribution in [0.2, 0.25) is 0 Å². The fraction of sp³-hybridized carbons (Fsp3) is 0.455. The summed E-state index contributed by atoms with van der Waals surface area (Å²) in [7, 11) is -4.17. The number of anilines is 1. The Balaban J connectivity index is 0.00000480. The molecule has 0 unspecified atom stereocenters. The number of fused-ring (bicyclic) bond motifs is 6. The number of carbonyl (C=O) groups is 2. The van der Waals surface area contributed by atoms with Crippen LogP contribution in [0.3, 0.4) is 0 Å². The predicted molar refractivity (Wildman–Crippen MR) is 173 cm³/mol. The number of sulfonamides is 1. The van der Waals surface area contributed by atoms with Crippen molar-refractivity contribution in [2.45, 2.75) is 77.5 Å². The summed E-state index contributed by atoms with van der Waals surface area (Å²) in [5.74, 6) is -0.223. The quantitative estimate of drug-likeness (QED) is 0.389. The van der Waals surface area contributed by atoms with E-state index >= 15 is 0 Å². The van der Waals surface area contributed by atoms with Crippen molar-refractivity contribution in [1.82, 2.24) is 19.8 Å². The van der Waals surface area contributed by atoms with Gasteiger partial charge in [-0.05, 0) is 76.3 Å². The van der Waals surface area contributed by atoms with Gasteiger partial charge in [0.25, 0.3) is 15.9 Å². The summed E-state index contributed by atoms with van der Waals surface area (Å²) in [6.07, 6.45) is -0.617. The second kappa shape index (κ2) is 12.3. The van der Waals surface area contributed by atoms with Crippen molar-refractivity contribution >= 4 is 28.0 Å². The summed E-state index contributed by atoms with van der Waals surface area (Å²) in [5.41, 5.74) is 2.66. The molecule has 2 amide bonds. The lowest BCUT2D eigenvalue weighted by Crippen LogP contribution is -2.47. The predicted octanol–water partition coefficient (Wildman–Crippen LogP) is 5.68. The van der Waals surface area contributed by atoms with E-state index in [1.807, 2.05) is 52.8 Å². The number of aromatic nitrogens is 2. The molecule has 1 fully saturated rings. The molecule has 0 radical (unpaired) electrons. The van der Waals surface area contributed by atoms with E-state index in [-0.39, 0.29) is 61.2 Å². The summed E-state index contributed by atoms with van der Waals surface area (Å²) >= 11 is 0. The maximum absolute atomic E-state index is 14.2. The van der Waals surface area contributed by atoms with E-state index in [0.29, 0.717) is 12.1 Å². The van der Waals surface area contributed by atoms with Crippen molar-refractivity contribution < 1.29 is 28.9 Å². The highest BCUT2D eigenvalue weighted by Gasteiger charge is 2.38. The minimum atomic E-state index is -4.17. The highest BCUT2D eigenvalue weighted by Crippen LogP contribution is 2.31. The van der Waals surface area contributed by atoms with E-state index in [0.717, 1.165) is 16.7 Å². The number of hydrogen-bond acceptors (Lipinski definition) is 8. The molecule has 0 saturated carbocycles. The van der Waals surface area contributed by atoms with Crippen molar-refractivity contribution in [3.63, 3.8) is 0 Å². The van der Waals surface area contributed by atoms with E-state index in [4.69, 9.17) is 9.47 Å². The van der Waals surface area contributed by atoms with E-state index < -0.39 is 27.8 Å². The van der Waals surface area contributed by atoms with Crippen LogP contribution >= 0.6 is 0 Å². The lowest BCUT2D eigenvalue weighted by Gasteiger charge is -2.33. The minimum absolute atomic E-state index is 0. The average Bonchev–Trinajstić information content (AvgIpc) is 3.10. The Labute approximate surface area is 266 Å². The first kappa shape index (κ1) is 32.2. The Morgan fingerprint density at radius 3 is 2.42 bits per heavy atom. The second-order valence-electron chi connectivity index (χ2n) is 13.2. The number of ether oxygens (including phenoxy) is 2. The van der Waals surface area contributed by atoms with E-state index in [1.165, 1.54) is 18.2 Å². The molecule has 0 spiro atoms. The highest BCUT2D eigenvalue weighted by atomic mass is 32.2. The van der Waals surface area contributed by atoms with Crippen molar-refractivity contribution in [3.05, 3.63) is 65.2 Å². The Bertz CT molecular complexity index is 1710. The molecular formula is C33H43N5O6S. The van der Waals surface area contributed by atoms with Crippen molar-refractivity contribution in [3.8, 4) is 17.1 Å².